The Hall–Kier alpha value is -3.46. The van der Waals surface area contributed by atoms with Crippen LogP contribution in [0.5, 0.6) is 0 Å². The van der Waals surface area contributed by atoms with Crippen LogP contribution in [-0.2, 0) is 11.8 Å². The number of hydrogen-bond acceptors (Lipinski definition) is 6. The lowest BCUT2D eigenvalue weighted by atomic mass is 10.2. The number of benzene rings is 1. The third-order valence-corrected chi connectivity index (χ3v) is 5.94. The molecule has 0 bridgehead atoms. The largest absolute Gasteiger partial charge is 0.322 e. The summed E-state index contributed by atoms with van der Waals surface area (Å²) in [6.45, 7) is 5.89. The van der Waals surface area contributed by atoms with Crippen LogP contribution in [0.15, 0.2) is 53.9 Å². The van der Waals surface area contributed by atoms with Gasteiger partial charge in [0, 0.05) is 25.0 Å². The highest BCUT2D eigenvalue weighted by atomic mass is 32.2. The van der Waals surface area contributed by atoms with Gasteiger partial charge in [-0.3, -0.25) is 9.78 Å². The van der Waals surface area contributed by atoms with Crippen LogP contribution in [0.25, 0.3) is 17.1 Å². The van der Waals surface area contributed by atoms with Crippen molar-refractivity contribution in [3.63, 3.8) is 0 Å². The molecule has 0 radical (unpaired) electrons. The van der Waals surface area contributed by atoms with Crippen molar-refractivity contribution in [2.45, 2.75) is 25.9 Å². The molecule has 0 aliphatic carbocycles. The quantitative estimate of drug-likeness (QED) is 0.466. The second-order valence-corrected chi connectivity index (χ2v) is 8.18. The van der Waals surface area contributed by atoms with E-state index in [0.29, 0.717) is 11.0 Å². The highest BCUT2D eigenvalue weighted by Gasteiger charge is 2.17. The lowest BCUT2D eigenvalue weighted by molar-refractivity contribution is -0.113. The fourth-order valence-electron chi connectivity index (χ4n) is 3.25. The van der Waals surface area contributed by atoms with E-state index >= 15 is 0 Å². The van der Waals surface area contributed by atoms with Gasteiger partial charge in [-0.2, -0.15) is 5.10 Å². The zero-order valence-electron chi connectivity index (χ0n) is 17.8. The van der Waals surface area contributed by atoms with Gasteiger partial charge < -0.3 is 9.88 Å². The molecule has 4 aromatic rings. The average Bonchev–Trinajstić information content (AvgIpc) is 3.28. The minimum Gasteiger partial charge on any atom is -0.322 e. The van der Waals surface area contributed by atoms with E-state index in [1.165, 1.54) is 17.3 Å². The standard InChI is InChI=1S/C22H23N7OS/c1-14-7-9-18(10-8-14)29-16(3)20(15(2)27-29)24-19(30)13-31-22-26-25-21(28(22)4)17-6-5-11-23-12-17/h5-12H,13H2,1-4H3,(H,24,30). The molecular formula is C22H23N7OS. The van der Waals surface area contributed by atoms with E-state index in [9.17, 15) is 4.79 Å². The topological polar surface area (TPSA) is 90.5 Å². The molecule has 1 amide bonds. The first-order chi connectivity index (χ1) is 14.9. The Bertz CT molecular complexity index is 1210. The number of carbonyl (C=O) groups excluding carboxylic acids is 1. The van der Waals surface area contributed by atoms with Crippen LogP contribution < -0.4 is 5.32 Å². The normalized spacial score (nSPS) is 11.0. The molecule has 0 spiro atoms. The maximum atomic E-state index is 12.6. The van der Waals surface area contributed by atoms with Gasteiger partial charge in [0.2, 0.25) is 5.91 Å². The molecule has 31 heavy (non-hydrogen) atoms. The molecular weight excluding hydrogens is 410 g/mol. The van der Waals surface area contributed by atoms with Crippen molar-refractivity contribution in [1.29, 1.82) is 0 Å². The summed E-state index contributed by atoms with van der Waals surface area (Å²) in [7, 11) is 1.88. The van der Waals surface area contributed by atoms with Crippen LogP contribution in [0.4, 0.5) is 5.69 Å². The molecule has 8 nitrogen and oxygen atoms in total. The van der Waals surface area contributed by atoms with Gasteiger partial charge in [-0.15, -0.1) is 10.2 Å². The van der Waals surface area contributed by atoms with Crippen molar-refractivity contribution < 1.29 is 4.79 Å². The Morgan fingerprint density at radius 2 is 1.87 bits per heavy atom. The molecule has 4 rings (SSSR count). The first kappa shape index (κ1) is 20.8. The average molecular weight is 434 g/mol. The number of carbonyl (C=O) groups is 1. The molecule has 3 aromatic heterocycles. The molecule has 0 fully saturated rings. The highest BCUT2D eigenvalue weighted by Crippen LogP contribution is 2.25. The van der Waals surface area contributed by atoms with E-state index in [-0.39, 0.29) is 11.7 Å². The van der Waals surface area contributed by atoms with Gasteiger partial charge in [-0.05, 0) is 45.0 Å². The van der Waals surface area contributed by atoms with Crippen molar-refractivity contribution in [2.75, 3.05) is 11.1 Å². The molecule has 0 saturated heterocycles. The van der Waals surface area contributed by atoms with Gasteiger partial charge >= 0.3 is 0 Å². The monoisotopic (exact) mass is 433 g/mol. The molecule has 3 heterocycles. The molecule has 0 unspecified atom stereocenters. The number of rotatable bonds is 6. The molecule has 158 valence electrons. The first-order valence-corrected chi connectivity index (χ1v) is 10.8. The summed E-state index contributed by atoms with van der Waals surface area (Å²) in [5, 5.41) is 16.7. The number of nitrogens with zero attached hydrogens (tertiary/aromatic N) is 6. The summed E-state index contributed by atoms with van der Waals surface area (Å²) in [4.78, 5) is 16.7. The van der Waals surface area contributed by atoms with Crippen LogP contribution in [0, 0.1) is 20.8 Å². The molecule has 1 N–H and O–H groups in total. The molecule has 9 heteroatoms. The Kier molecular flexibility index (Phi) is 5.85. The minimum absolute atomic E-state index is 0.120. The zero-order chi connectivity index (χ0) is 22.0. The van der Waals surface area contributed by atoms with E-state index in [1.54, 1.807) is 12.4 Å². The second kappa shape index (κ2) is 8.73. The number of aryl methyl sites for hydroxylation is 2. The van der Waals surface area contributed by atoms with Crippen molar-refractivity contribution in [2.24, 2.45) is 7.05 Å². The van der Waals surface area contributed by atoms with Crippen LogP contribution >= 0.6 is 11.8 Å². The van der Waals surface area contributed by atoms with Crippen LogP contribution in [0.3, 0.4) is 0 Å². The van der Waals surface area contributed by atoms with Crippen molar-refractivity contribution >= 4 is 23.4 Å². The molecule has 0 aliphatic rings. The summed E-state index contributed by atoms with van der Waals surface area (Å²) < 4.78 is 3.71. The van der Waals surface area contributed by atoms with Crippen molar-refractivity contribution in [1.82, 2.24) is 29.5 Å². The van der Waals surface area contributed by atoms with E-state index in [0.717, 1.165) is 28.3 Å². The van der Waals surface area contributed by atoms with E-state index < -0.39 is 0 Å². The Labute approximate surface area is 184 Å². The number of nitrogens with one attached hydrogen (secondary N) is 1. The second-order valence-electron chi connectivity index (χ2n) is 7.24. The molecule has 1 aromatic carbocycles. The summed E-state index contributed by atoms with van der Waals surface area (Å²) in [5.41, 5.74) is 5.42. The third-order valence-electron chi connectivity index (χ3n) is 4.92. The van der Waals surface area contributed by atoms with Gasteiger partial charge in [0.05, 0.1) is 28.5 Å². The fourth-order valence-corrected chi connectivity index (χ4v) is 3.96. The van der Waals surface area contributed by atoms with Gasteiger partial charge in [0.1, 0.15) is 0 Å². The van der Waals surface area contributed by atoms with E-state index in [1.807, 2.05) is 73.5 Å². The predicted molar refractivity (Wildman–Crippen MR) is 121 cm³/mol. The highest BCUT2D eigenvalue weighted by molar-refractivity contribution is 7.99. The Balaban J connectivity index is 1.44. The van der Waals surface area contributed by atoms with Gasteiger partial charge in [-0.1, -0.05) is 29.5 Å². The van der Waals surface area contributed by atoms with Gasteiger partial charge in [0.25, 0.3) is 0 Å². The first-order valence-electron chi connectivity index (χ1n) is 9.79. The Morgan fingerprint density at radius 3 is 2.58 bits per heavy atom. The molecule has 0 saturated carbocycles. The summed E-state index contributed by atoms with van der Waals surface area (Å²) in [6, 6.07) is 11.9. The summed E-state index contributed by atoms with van der Waals surface area (Å²) >= 11 is 1.34. The third kappa shape index (κ3) is 4.36. The van der Waals surface area contributed by atoms with Crippen LogP contribution in [-0.4, -0.2) is 41.2 Å². The number of thioether (sulfide) groups is 1. The maximum absolute atomic E-state index is 12.6. The summed E-state index contributed by atoms with van der Waals surface area (Å²) in [6.07, 6.45) is 3.45. The molecule has 0 atom stereocenters. The fraction of sp³-hybridized carbons (Fsp3) is 0.227. The van der Waals surface area contributed by atoms with Crippen molar-refractivity contribution in [3.8, 4) is 17.1 Å². The smallest absolute Gasteiger partial charge is 0.234 e. The van der Waals surface area contributed by atoms with Gasteiger partial charge in [-0.25, -0.2) is 4.68 Å². The predicted octanol–water partition coefficient (Wildman–Crippen LogP) is 3.72. The lowest BCUT2D eigenvalue weighted by Gasteiger charge is -2.07. The number of amides is 1. The SMILES string of the molecule is Cc1ccc(-n2nc(C)c(NC(=O)CSc3nnc(-c4cccnc4)n3C)c2C)cc1. The van der Waals surface area contributed by atoms with E-state index in [4.69, 9.17) is 0 Å². The van der Waals surface area contributed by atoms with Gasteiger partial charge in [0.15, 0.2) is 11.0 Å². The van der Waals surface area contributed by atoms with Crippen molar-refractivity contribution in [3.05, 3.63) is 65.7 Å². The number of aromatic nitrogens is 6. The minimum atomic E-state index is -0.120. The number of anilines is 1. The molecule has 0 aliphatic heterocycles. The number of pyridine rings is 1. The number of hydrogen-bond donors (Lipinski definition) is 1. The maximum Gasteiger partial charge on any atom is 0.234 e. The Morgan fingerprint density at radius 1 is 1.10 bits per heavy atom. The summed E-state index contributed by atoms with van der Waals surface area (Å²) in [5.74, 6) is 0.806. The lowest BCUT2D eigenvalue weighted by Crippen LogP contribution is -2.15. The van der Waals surface area contributed by atoms with Crippen LogP contribution in [0.2, 0.25) is 0 Å². The zero-order valence-corrected chi connectivity index (χ0v) is 18.6. The van der Waals surface area contributed by atoms with E-state index in [2.05, 4.69) is 25.6 Å². The van der Waals surface area contributed by atoms with Crippen LogP contribution in [0.1, 0.15) is 17.0 Å².